The maximum atomic E-state index is 12.2. The fourth-order valence-corrected chi connectivity index (χ4v) is 1.23. The Morgan fingerprint density at radius 3 is 2.54 bits per heavy atom. The normalized spacial score (nSPS) is 21.6. The van der Waals surface area contributed by atoms with Gasteiger partial charge in [-0.2, -0.15) is 13.2 Å². The van der Waals surface area contributed by atoms with Crippen molar-refractivity contribution in [3.8, 4) is 0 Å². The summed E-state index contributed by atoms with van der Waals surface area (Å²) in [6, 6.07) is 5.57. The lowest BCUT2D eigenvalue weighted by Gasteiger charge is -2.07. The molecule has 1 atom stereocenters. The predicted octanol–water partition coefficient (Wildman–Crippen LogP) is 2.35. The molecule has 1 aromatic rings. The first kappa shape index (κ1) is 8.56. The summed E-state index contributed by atoms with van der Waals surface area (Å²) < 4.78 is 36.7. The number of halogens is 3. The van der Waals surface area contributed by atoms with Gasteiger partial charge in [0.15, 0.2) is 0 Å². The molecule has 1 saturated heterocycles. The van der Waals surface area contributed by atoms with Gasteiger partial charge < -0.3 is 5.32 Å². The van der Waals surface area contributed by atoms with E-state index < -0.39 is 11.7 Å². The highest BCUT2D eigenvalue weighted by molar-refractivity contribution is 5.30. The first-order valence-corrected chi connectivity index (χ1v) is 3.98. The molecule has 0 spiro atoms. The van der Waals surface area contributed by atoms with Crippen molar-refractivity contribution in [2.75, 3.05) is 6.54 Å². The second-order valence-electron chi connectivity index (χ2n) is 3.08. The zero-order chi connectivity index (χ0) is 9.47. The van der Waals surface area contributed by atoms with Gasteiger partial charge in [0.1, 0.15) is 0 Å². The Balaban J connectivity index is 2.32. The summed E-state index contributed by atoms with van der Waals surface area (Å²) in [6.07, 6.45) is -4.23. The summed E-state index contributed by atoms with van der Waals surface area (Å²) in [5.41, 5.74) is 0.147. The molecule has 0 amide bonds. The Morgan fingerprint density at radius 1 is 1.31 bits per heavy atom. The third kappa shape index (κ3) is 1.83. The Bertz CT molecular complexity index is 315. The van der Waals surface area contributed by atoms with Crippen LogP contribution in [-0.4, -0.2) is 6.54 Å². The van der Waals surface area contributed by atoms with E-state index in [1.165, 1.54) is 12.1 Å². The largest absolute Gasteiger partial charge is 0.416 e. The lowest BCUT2D eigenvalue weighted by molar-refractivity contribution is -0.137. The van der Waals surface area contributed by atoms with Gasteiger partial charge in [-0.3, -0.25) is 0 Å². The third-order valence-electron chi connectivity index (χ3n) is 2.02. The molecular weight excluding hydrogens is 179 g/mol. The Labute approximate surface area is 73.6 Å². The summed E-state index contributed by atoms with van der Waals surface area (Å²) in [5.74, 6) is 0. The molecule has 1 aliphatic heterocycles. The van der Waals surface area contributed by atoms with Crippen molar-refractivity contribution in [2.24, 2.45) is 0 Å². The van der Waals surface area contributed by atoms with Crippen molar-refractivity contribution in [3.05, 3.63) is 35.4 Å². The van der Waals surface area contributed by atoms with Gasteiger partial charge in [-0.15, -0.1) is 0 Å². The van der Waals surface area contributed by atoms with Gasteiger partial charge in [0.25, 0.3) is 0 Å². The minimum Gasteiger partial charge on any atom is -0.307 e. The van der Waals surface area contributed by atoms with Gasteiger partial charge >= 0.3 is 6.18 Å². The van der Waals surface area contributed by atoms with E-state index in [-0.39, 0.29) is 6.04 Å². The second kappa shape index (κ2) is 2.73. The minimum atomic E-state index is -4.23. The van der Waals surface area contributed by atoms with E-state index in [0.29, 0.717) is 0 Å². The molecular formula is C9H8F3N. The monoisotopic (exact) mass is 187 g/mol. The smallest absolute Gasteiger partial charge is 0.307 e. The molecule has 0 radical (unpaired) electrons. The maximum Gasteiger partial charge on any atom is 0.416 e. The molecule has 1 fully saturated rings. The number of hydrogen-bond acceptors (Lipinski definition) is 1. The quantitative estimate of drug-likeness (QED) is 0.669. The van der Waals surface area contributed by atoms with Crippen LogP contribution in [0.25, 0.3) is 0 Å². The van der Waals surface area contributed by atoms with Crippen LogP contribution in [-0.2, 0) is 6.18 Å². The van der Waals surface area contributed by atoms with Crippen LogP contribution < -0.4 is 5.32 Å². The summed E-state index contributed by atoms with van der Waals surface area (Å²) in [7, 11) is 0. The molecule has 1 N–H and O–H groups in total. The van der Waals surface area contributed by atoms with Crippen LogP contribution in [0.15, 0.2) is 24.3 Å². The van der Waals surface area contributed by atoms with E-state index in [0.717, 1.165) is 18.2 Å². The van der Waals surface area contributed by atoms with Crippen LogP contribution in [0, 0.1) is 0 Å². The number of nitrogens with one attached hydrogen (secondary N) is 1. The molecule has 0 bridgehead atoms. The van der Waals surface area contributed by atoms with E-state index in [4.69, 9.17) is 0 Å². The molecule has 0 aliphatic carbocycles. The lowest BCUT2D eigenvalue weighted by Crippen LogP contribution is -2.05. The van der Waals surface area contributed by atoms with Crippen molar-refractivity contribution < 1.29 is 13.2 Å². The minimum absolute atomic E-state index is 0.127. The topological polar surface area (TPSA) is 21.9 Å². The lowest BCUT2D eigenvalue weighted by atomic mass is 10.1. The summed E-state index contributed by atoms with van der Waals surface area (Å²) >= 11 is 0. The fraction of sp³-hybridized carbons (Fsp3) is 0.333. The molecule has 1 heterocycles. The molecule has 2 rings (SSSR count). The second-order valence-corrected chi connectivity index (χ2v) is 3.08. The summed E-state index contributed by atoms with van der Waals surface area (Å²) in [6.45, 7) is 0.779. The maximum absolute atomic E-state index is 12.2. The van der Waals surface area contributed by atoms with Crippen molar-refractivity contribution in [3.63, 3.8) is 0 Å². The van der Waals surface area contributed by atoms with Gasteiger partial charge in [0.2, 0.25) is 0 Å². The van der Waals surface area contributed by atoms with Crippen molar-refractivity contribution in [2.45, 2.75) is 12.2 Å². The highest BCUT2D eigenvalue weighted by atomic mass is 19.4. The Morgan fingerprint density at radius 2 is 2.00 bits per heavy atom. The molecule has 70 valence electrons. The highest BCUT2D eigenvalue weighted by Crippen LogP contribution is 2.32. The zero-order valence-electron chi connectivity index (χ0n) is 6.73. The Kier molecular flexibility index (Phi) is 1.80. The van der Waals surface area contributed by atoms with Gasteiger partial charge in [-0.05, 0) is 17.7 Å². The van der Waals surface area contributed by atoms with E-state index >= 15 is 0 Å². The fourth-order valence-electron chi connectivity index (χ4n) is 1.23. The molecule has 1 aliphatic rings. The standard InChI is InChI=1S/C9H8F3N/c10-9(11,12)7-3-1-2-6(4-7)8-5-13-8/h1-4,8,13H,5H2. The van der Waals surface area contributed by atoms with Crippen molar-refractivity contribution in [1.29, 1.82) is 0 Å². The van der Waals surface area contributed by atoms with Gasteiger partial charge in [-0.1, -0.05) is 12.1 Å². The molecule has 1 nitrogen and oxygen atoms in total. The van der Waals surface area contributed by atoms with Gasteiger partial charge in [0.05, 0.1) is 5.56 Å². The average molecular weight is 187 g/mol. The van der Waals surface area contributed by atoms with Crippen LogP contribution in [0.5, 0.6) is 0 Å². The molecule has 0 aromatic heterocycles. The Hall–Kier alpha value is -1.03. The van der Waals surface area contributed by atoms with Crippen LogP contribution in [0.2, 0.25) is 0 Å². The predicted molar refractivity (Wildman–Crippen MR) is 42.2 cm³/mol. The van der Waals surface area contributed by atoms with Crippen LogP contribution in [0.4, 0.5) is 13.2 Å². The number of rotatable bonds is 1. The van der Waals surface area contributed by atoms with Crippen molar-refractivity contribution >= 4 is 0 Å². The zero-order valence-corrected chi connectivity index (χ0v) is 6.73. The van der Waals surface area contributed by atoms with Crippen LogP contribution in [0.3, 0.4) is 0 Å². The van der Waals surface area contributed by atoms with Crippen LogP contribution in [0.1, 0.15) is 17.2 Å². The first-order chi connectivity index (χ1) is 6.07. The van der Waals surface area contributed by atoms with Gasteiger partial charge in [0, 0.05) is 12.6 Å². The average Bonchev–Trinajstić information content (AvgIpc) is 2.85. The number of alkyl halides is 3. The van der Waals surface area contributed by atoms with Crippen LogP contribution >= 0.6 is 0 Å². The number of benzene rings is 1. The number of hydrogen-bond donors (Lipinski definition) is 1. The first-order valence-electron chi connectivity index (χ1n) is 3.98. The van der Waals surface area contributed by atoms with E-state index in [2.05, 4.69) is 5.32 Å². The molecule has 1 aromatic carbocycles. The van der Waals surface area contributed by atoms with Crippen molar-refractivity contribution in [1.82, 2.24) is 5.32 Å². The summed E-state index contributed by atoms with van der Waals surface area (Å²) in [5, 5.41) is 2.96. The highest BCUT2D eigenvalue weighted by Gasteiger charge is 2.32. The SMILES string of the molecule is FC(F)(F)c1cccc(C2CN2)c1. The molecule has 13 heavy (non-hydrogen) atoms. The van der Waals surface area contributed by atoms with Gasteiger partial charge in [-0.25, -0.2) is 0 Å². The summed E-state index contributed by atoms with van der Waals surface area (Å²) in [4.78, 5) is 0. The molecule has 4 heteroatoms. The van der Waals surface area contributed by atoms with E-state index in [9.17, 15) is 13.2 Å². The molecule has 1 unspecified atom stereocenters. The third-order valence-corrected chi connectivity index (χ3v) is 2.02. The van der Waals surface area contributed by atoms with E-state index in [1.807, 2.05) is 0 Å². The van der Waals surface area contributed by atoms with E-state index in [1.54, 1.807) is 6.07 Å². The molecule has 0 saturated carbocycles.